The number of ether oxygens (including phenoxy) is 1. The summed E-state index contributed by atoms with van der Waals surface area (Å²) >= 11 is 0. The van der Waals surface area contributed by atoms with Gasteiger partial charge < -0.3 is 19.4 Å². The summed E-state index contributed by atoms with van der Waals surface area (Å²) in [6, 6.07) is -1.58. The van der Waals surface area contributed by atoms with Crippen molar-refractivity contribution in [2.75, 3.05) is 13.1 Å². The lowest BCUT2D eigenvalue weighted by Gasteiger charge is -2.43. The second kappa shape index (κ2) is 16.0. The van der Waals surface area contributed by atoms with E-state index < -0.39 is 51.3 Å². The average Bonchev–Trinajstić information content (AvgIpc) is 3.52. The van der Waals surface area contributed by atoms with Crippen LogP contribution in [-0.4, -0.2) is 81.6 Å². The smallest absolute Gasteiger partial charge is 0.437 e. The average molecular weight is 699 g/mol. The third kappa shape index (κ3) is 9.81. The zero-order chi connectivity index (χ0) is 35.2. The molecule has 0 aromatic carbocycles. The molecule has 3 fully saturated rings. The van der Waals surface area contributed by atoms with Gasteiger partial charge >= 0.3 is 22.5 Å². The number of hydrogen-bond acceptors (Lipinski definition) is 11. The van der Waals surface area contributed by atoms with Crippen LogP contribution in [0.5, 0.6) is 0 Å². The Morgan fingerprint density at radius 2 is 1.67 bits per heavy atom. The zero-order valence-corrected chi connectivity index (χ0v) is 30.9. The summed E-state index contributed by atoms with van der Waals surface area (Å²) in [4.78, 5) is 27.5. The molecule has 2 atom stereocenters. The summed E-state index contributed by atoms with van der Waals surface area (Å²) in [6.07, 6.45) is 11.2. The topological polar surface area (TPSA) is 157 Å². The van der Waals surface area contributed by atoms with Crippen LogP contribution in [0.15, 0.2) is 4.42 Å². The van der Waals surface area contributed by atoms with Gasteiger partial charge in [0, 0.05) is 25.0 Å². The zero-order valence-electron chi connectivity index (χ0n) is 30.1. The SMILES string of the molecule is CCCCN(OS(=O)(=O)ON1C(=O)N2C[C@@H]1CC[C@H]2c1nnc(CC2(NC(=O)OC(C)(C)C)CC2)o1)C(CCC)(CCCC)CCCC. The summed E-state index contributed by atoms with van der Waals surface area (Å²) in [6.45, 7) is 14.6. The number of nitrogens with zero attached hydrogens (tertiary/aromatic N) is 5. The van der Waals surface area contributed by atoms with Crippen LogP contribution in [0.4, 0.5) is 9.59 Å². The number of carbonyl (C=O) groups excluding carboxylic acids is 2. The molecule has 0 spiro atoms. The first-order valence-electron chi connectivity index (χ1n) is 18.0. The molecule has 1 aromatic heterocycles. The van der Waals surface area contributed by atoms with Crippen molar-refractivity contribution in [2.45, 2.75) is 174 Å². The molecule has 0 unspecified atom stereocenters. The highest BCUT2D eigenvalue weighted by atomic mass is 32.3. The standard InChI is InChI=1S/C33H58N6O8S/c1-8-12-18-33(17-11-4,19-13-9-2)38(22-14-10-3)46-48(42,43)47-39-25-15-16-26(37(24-25)30(39)41)28-36-35-27(44-28)23-32(20-21-32)34-29(40)45-31(5,6)7/h25-26H,8-24H2,1-7H3,(H,34,40)/t25-,26-/m0/s1. The lowest BCUT2D eigenvalue weighted by molar-refractivity contribution is -0.172. The molecule has 2 aliphatic heterocycles. The van der Waals surface area contributed by atoms with Crippen molar-refractivity contribution in [1.82, 2.24) is 30.5 Å². The molecule has 1 saturated carbocycles. The molecule has 274 valence electrons. The lowest BCUT2D eigenvalue weighted by Crippen LogP contribution is -2.51. The Kier molecular flexibility index (Phi) is 12.8. The molecular formula is C33H58N6O8S. The van der Waals surface area contributed by atoms with E-state index in [-0.39, 0.29) is 12.4 Å². The largest absolute Gasteiger partial charge is 0.444 e. The van der Waals surface area contributed by atoms with Crippen LogP contribution in [-0.2, 0) is 30.1 Å². The number of alkyl carbamates (subject to hydrolysis) is 1. The van der Waals surface area contributed by atoms with E-state index in [0.29, 0.717) is 31.7 Å². The number of hydrogen-bond donors (Lipinski definition) is 1. The van der Waals surface area contributed by atoms with Gasteiger partial charge in [-0.15, -0.1) is 14.5 Å². The Balaban J connectivity index is 1.43. The molecule has 3 aliphatic rings. The Hall–Kier alpha value is -2.49. The van der Waals surface area contributed by atoms with Crippen LogP contribution in [0.1, 0.15) is 156 Å². The number of piperidine rings is 1. The fourth-order valence-corrected chi connectivity index (χ4v) is 7.73. The number of unbranched alkanes of at least 4 members (excludes halogenated alkanes) is 3. The molecule has 1 N–H and O–H groups in total. The summed E-state index contributed by atoms with van der Waals surface area (Å²) < 4.78 is 49.9. The highest BCUT2D eigenvalue weighted by Gasteiger charge is 2.51. The van der Waals surface area contributed by atoms with Crippen molar-refractivity contribution in [3.63, 3.8) is 0 Å². The first kappa shape index (κ1) is 38.3. The van der Waals surface area contributed by atoms with Gasteiger partial charge in [0.2, 0.25) is 11.8 Å². The Morgan fingerprint density at radius 1 is 1.00 bits per heavy atom. The second-order valence-corrected chi connectivity index (χ2v) is 15.9. The Bertz CT molecular complexity index is 1320. The number of urea groups is 1. The van der Waals surface area contributed by atoms with E-state index in [1.807, 2.05) is 20.8 Å². The number of aromatic nitrogens is 2. The molecule has 3 heterocycles. The van der Waals surface area contributed by atoms with Gasteiger partial charge in [0.1, 0.15) is 11.6 Å². The van der Waals surface area contributed by atoms with E-state index in [2.05, 4.69) is 43.2 Å². The Labute approximate surface area is 286 Å². The first-order chi connectivity index (χ1) is 22.7. The minimum Gasteiger partial charge on any atom is -0.444 e. The third-order valence-corrected chi connectivity index (χ3v) is 10.2. The molecule has 15 heteroatoms. The second-order valence-electron chi connectivity index (χ2n) is 14.8. The van der Waals surface area contributed by atoms with E-state index in [1.165, 1.54) is 4.90 Å². The first-order valence-corrected chi connectivity index (χ1v) is 19.4. The monoisotopic (exact) mass is 698 g/mol. The predicted octanol–water partition coefficient (Wildman–Crippen LogP) is 6.74. The number of fused-ring (bicyclic) bond motifs is 2. The summed E-state index contributed by atoms with van der Waals surface area (Å²) in [7, 11) is -4.62. The van der Waals surface area contributed by atoms with Crippen LogP contribution < -0.4 is 5.32 Å². The molecule has 14 nitrogen and oxygen atoms in total. The van der Waals surface area contributed by atoms with E-state index in [1.54, 1.807) is 5.06 Å². The molecule has 48 heavy (non-hydrogen) atoms. The summed E-state index contributed by atoms with van der Waals surface area (Å²) in [5.74, 6) is 0.623. The molecule has 3 amide bonds. The number of rotatable bonds is 20. The Morgan fingerprint density at radius 3 is 2.25 bits per heavy atom. The summed E-state index contributed by atoms with van der Waals surface area (Å²) in [5, 5.41) is 14.0. The van der Waals surface area contributed by atoms with E-state index in [0.717, 1.165) is 82.1 Å². The van der Waals surface area contributed by atoms with E-state index in [9.17, 15) is 18.0 Å². The van der Waals surface area contributed by atoms with Gasteiger partial charge in [-0.1, -0.05) is 66.2 Å². The molecule has 1 aromatic rings. The van der Waals surface area contributed by atoms with Gasteiger partial charge in [-0.2, -0.15) is 22.8 Å². The maximum atomic E-state index is 13.6. The van der Waals surface area contributed by atoms with Crippen LogP contribution in [0, 0.1) is 0 Å². The van der Waals surface area contributed by atoms with Gasteiger partial charge in [-0.3, -0.25) is 0 Å². The van der Waals surface area contributed by atoms with E-state index in [4.69, 9.17) is 17.7 Å². The van der Waals surface area contributed by atoms with Crippen molar-refractivity contribution in [1.29, 1.82) is 0 Å². The van der Waals surface area contributed by atoms with Gasteiger partial charge in [-0.05, 0) is 72.1 Å². The van der Waals surface area contributed by atoms with Gasteiger partial charge in [0.25, 0.3) is 0 Å². The predicted molar refractivity (Wildman–Crippen MR) is 178 cm³/mol. The molecule has 2 bridgehead atoms. The number of hydroxylamine groups is 4. The highest BCUT2D eigenvalue weighted by molar-refractivity contribution is 7.81. The van der Waals surface area contributed by atoms with E-state index >= 15 is 0 Å². The number of amides is 3. The molecule has 0 radical (unpaired) electrons. The van der Waals surface area contributed by atoms with Crippen LogP contribution in [0.25, 0.3) is 0 Å². The minimum absolute atomic E-state index is 0.257. The minimum atomic E-state index is -4.62. The van der Waals surface area contributed by atoms with Crippen LogP contribution in [0.3, 0.4) is 0 Å². The lowest BCUT2D eigenvalue weighted by atomic mass is 9.82. The van der Waals surface area contributed by atoms with Crippen molar-refractivity contribution < 1.29 is 35.7 Å². The quantitative estimate of drug-likeness (QED) is 0.144. The normalized spacial score (nSPS) is 20.9. The fourth-order valence-electron chi connectivity index (χ4n) is 6.87. The van der Waals surface area contributed by atoms with Crippen LogP contribution in [0.2, 0.25) is 0 Å². The molecule has 1 aliphatic carbocycles. The van der Waals surface area contributed by atoms with Crippen molar-refractivity contribution in [2.24, 2.45) is 0 Å². The highest BCUT2D eigenvalue weighted by Crippen LogP contribution is 2.42. The van der Waals surface area contributed by atoms with Crippen molar-refractivity contribution >= 4 is 22.5 Å². The summed E-state index contributed by atoms with van der Waals surface area (Å²) in [5.41, 5.74) is -1.55. The molecule has 2 saturated heterocycles. The number of carbonyl (C=O) groups is 2. The maximum absolute atomic E-state index is 13.6. The molecule has 4 rings (SSSR count). The van der Waals surface area contributed by atoms with Gasteiger partial charge in [0.15, 0.2) is 0 Å². The van der Waals surface area contributed by atoms with Crippen molar-refractivity contribution in [3.05, 3.63) is 11.8 Å². The van der Waals surface area contributed by atoms with Crippen LogP contribution >= 0.6 is 0 Å². The van der Waals surface area contributed by atoms with Gasteiger partial charge in [-0.25, -0.2) is 9.59 Å². The third-order valence-electron chi connectivity index (χ3n) is 9.50. The fraction of sp³-hybridized carbons (Fsp3) is 0.879. The van der Waals surface area contributed by atoms with Gasteiger partial charge in [0.05, 0.1) is 11.6 Å². The number of nitrogens with one attached hydrogen (secondary N) is 1. The van der Waals surface area contributed by atoms with Crippen molar-refractivity contribution in [3.8, 4) is 0 Å². The molecular weight excluding hydrogens is 640 g/mol. The maximum Gasteiger partial charge on any atom is 0.437 e.